The second kappa shape index (κ2) is 13.1. The third-order valence-electron chi connectivity index (χ3n) is 5.83. The van der Waals surface area contributed by atoms with Crippen molar-refractivity contribution in [2.75, 3.05) is 19.0 Å². The standard InChI is InChI=1S/C31H30O4S2/c32-25(22-36-28-7-3-1-4-8-28)20-33-26-15-11-23(12-16-26)19-24-13-17-27(18-14-24)34-21-30-31(35-30)37-29-9-5-2-6-10-29/h1-18,25,30-32H,19-22H2. The number of hydrogen-bond donors (Lipinski definition) is 1. The van der Waals surface area contributed by atoms with Crippen molar-refractivity contribution in [3.05, 3.63) is 120 Å². The van der Waals surface area contributed by atoms with Crippen LogP contribution in [0.4, 0.5) is 0 Å². The van der Waals surface area contributed by atoms with E-state index in [1.165, 1.54) is 16.0 Å². The van der Waals surface area contributed by atoms with Crippen LogP contribution in [0.3, 0.4) is 0 Å². The van der Waals surface area contributed by atoms with Crippen molar-refractivity contribution < 1.29 is 19.3 Å². The molecular weight excluding hydrogens is 500 g/mol. The Hall–Kier alpha value is -2.90. The second-order valence-electron chi connectivity index (χ2n) is 8.84. The minimum Gasteiger partial charge on any atom is -0.491 e. The molecule has 37 heavy (non-hydrogen) atoms. The van der Waals surface area contributed by atoms with Gasteiger partial charge in [0.1, 0.15) is 36.3 Å². The van der Waals surface area contributed by atoms with Crippen LogP contribution in [0, 0.1) is 0 Å². The molecule has 1 N–H and O–H groups in total. The lowest BCUT2D eigenvalue weighted by Crippen LogP contribution is -2.20. The Kier molecular flexibility index (Phi) is 9.09. The van der Waals surface area contributed by atoms with Gasteiger partial charge >= 0.3 is 0 Å². The van der Waals surface area contributed by atoms with E-state index in [1.807, 2.05) is 72.8 Å². The molecule has 1 heterocycles. The molecule has 6 heteroatoms. The maximum atomic E-state index is 10.2. The summed E-state index contributed by atoms with van der Waals surface area (Å²) in [6.07, 6.45) is 0.443. The lowest BCUT2D eigenvalue weighted by Gasteiger charge is -2.12. The number of rotatable bonds is 13. The highest BCUT2D eigenvalue weighted by molar-refractivity contribution is 8.00. The van der Waals surface area contributed by atoms with Gasteiger partial charge in [0, 0.05) is 15.5 Å². The number of thioether (sulfide) groups is 2. The lowest BCUT2D eigenvalue weighted by atomic mass is 10.0. The number of benzene rings is 4. The first kappa shape index (κ1) is 25.7. The van der Waals surface area contributed by atoms with Crippen LogP contribution in [0.15, 0.2) is 119 Å². The molecule has 1 aliphatic heterocycles. The monoisotopic (exact) mass is 530 g/mol. The van der Waals surface area contributed by atoms with Gasteiger partial charge in [-0.15, -0.1) is 11.8 Å². The fourth-order valence-corrected chi connectivity index (χ4v) is 5.59. The highest BCUT2D eigenvalue weighted by Gasteiger charge is 2.40. The van der Waals surface area contributed by atoms with Crippen LogP contribution < -0.4 is 9.47 Å². The van der Waals surface area contributed by atoms with E-state index in [2.05, 4.69) is 36.4 Å². The number of hydrogen-bond acceptors (Lipinski definition) is 6. The molecule has 0 radical (unpaired) electrons. The molecule has 0 spiro atoms. The van der Waals surface area contributed by atoms with Gasteiger partial charge in [-0.05, 0) is 66.1 Å². The Morgan fingerprint density at radius 3 is 1.89 bits per heavy atom. The number of ether oxygens (including phenoxy) is 3. The van der Waals surface area contributed by atoms with Crippen molar-refractivity contribution >= 4 is 23.5 Å². The summed E-state index contributed by atoms with van der Waals surface area (Å²) in [5.74, 6) is 2.22. The second-order valence-corrected chi connectivity index (χ2v) is 11.1. The third kappa shape index (κ3) is 8.30. The van der Waals surface area contributed by atoms with E-state index in [4.69, 9.17) is 14.2 Å². The van der Waals surface area contributed by atoms with Crippen molar-refractivity contribution in [3.8, 4) is 11.5 Å². The predicted molar refractivity (Wildman–Crippen MR) is 151 cm³/mol. The summed E-state index contributed by atoms with van der Waals surface area (Å²) in [6, 6.07) is 36.7. The average Bonchev–Trinajstić information content (AvgIpc) is 3.69. The van der Waals surface area contributed by atoms with E-state index in [0.717, 1.165) is 22.8 Å². The van der Waals surface area contributed by atoms with Gasteiger partial charge in [0.2, 0.25) is 0 Å². The molecule has 3 unspecified atom stereocenters. The molecule has 5 rings (SSSR count). The maximum Gasteiger partial charge on any atom is 0.137 e. The van der Waals surface area contributed by atoms with Crippen LogP contribution in [0.1, 0.15) is 11.1 Å². The van der Waals surface area contributed by atoms with Crippen molar-refractivity contribution in [1.82, 2.24) is 0 Å². The number of aliphatic hydroxyl groups excluding tert-OH is 1. The molecule has 1 aliphatic rings. The van der Waals surface area contributed by atoms with Crippen LogP contribution in [0.25, 0.3) is 0 Å². The topological polar surface area (TPSA) is 51.2 Å². The highest BCUT2D eigenvalue weighted by atomic mass is 32.2. The average molecular weight is 531 g/mol. The zero-order valence-electron chi connectivity index (χ0n) is 20.4. The SMILES string of the molecule is OC(COc1ccc(Cc2ccc(OCC3OC3Sc3ccccc3)cc2)cc1)CSc1ccccc1. The van der Waals surface area contributed by atoms with Gasteiger partial charge in [0.05, 0.1) is 6.10 Å². The zero-order valence-corrected chi connectivity index (χ0v) is 22.1. The molecule has 4 nitrogen and oxygen atoms in total. The van der Waals surface area contributed by atoms with Crippen LogP contribution in [-0.4, -0.2) is 41.7 Å². The quantitative estimate of drug-likeness (QED) is 0.153. The third-order valence-corrected chi connectivity index (χ3v) is 8.18. The van der Waals surface area contributed by atoms with E-state index in [-0.39, 0.29) is 18.1 Å². The first-order chi connectivity index (χ1) is 18.2. The van der Waals surface area contributed by atoms with Gasteiger partial charge < -0.3 is 19.3 Å². The normalized spacial score (nSPS) is 17.2. The van der Waals surface area contributed by atoms with Gasteiger partial charge in [-0.3, -0.25) is 0 Å². The molecule has 4 aromatic carbocycles. The van der Waals surface area contributed by atoms with Crippen LogP contribution in [0.2, 0.25) is 0 Å². The van der Waals surface area contributed by atoms with E-state index in [1.54, 1.807) is 23.5 Å². The summed E-state index contributed by atoms with van der Waals surface area (Å²) >= 11 is 3.37. The van der Waals surface area contributed by atoms with E-state index in [9.17, 15) is 5.11 Å². The zero-order chi connectivity index (χ0) is 25.3. The van der Waals surface area contributed by atoms with E-state index >= 15 is 0 Å². The fraction of sp³-hybridized carbons (Fsp3) is 0.226. The van der Waals surface area contributed by atoms with Crippen molar-refractivity contribution in [3.63, 3.8) is 0 Å². The first-order valence-electron chi connectivity index (χ1n) is 12.4. The molecular formula is C31H30O4S2. The number of epoxide rings is 1. The summed E-state index contributed by atoms with van der Waals surface area (Å²) < 4.78 is 17.4. The highest BCUT2D eigenvalue weighted by Crippen LogP contribution is 2.38. The molecule has 0 aromatic heterocycles. The summed E-state index contributed by atoms with van der Waals surface area (Å²) in [5.41, 5.74) is 2.59. The van der Waals surface area contributed by atoms with Gasteiger partial charge in [-0.25, -0.2) is 0 Å². The Bertz CT molecular complexity index is 1170. The van der Waals surface area contributed by atoms with Crippen molar-refractivity contribution in [2.24, 2.45) is 0 Å². The Labute approximate surface area is 227 Å². The molecule has 3 atom stereocenters. The lowest BCUT2D eigenvalue weighted by molar-refractivity contribution is 0.126. The van der Waals surface area contributed by atoms with Gasteiger partial charge in [-0.2, -0.15) is 0 Å². The smallest absolute Gasteiger partial charge is 0.137 e. The summed E-state index contributed by atoms with van der Waals surface area (Å²) in [5, 5.41) is 10.2. The first-order valence-corrected chi connectivity index (χ1v) is 14.2. The molecule has 1 saturated heterocycles. The largest absolute Gasteiger partial charge is 0.491 e. The molecule has 4 aromatic rings. The van der Waals surface area contributed by atoms with Gasteiger partial charge in [0.25, 0.3) is 0 Å². The van der Waals surface area contributed by atoms with Crippen molar-refractivity contribution in [1.29, 1.82) is 0 Å². The Balaban J connectivity index is 1.01. The molecule has 0 saturated carbocycles. The fourth-order valence-electron chi connectivity index (χ4n) is 3.75. The summed E-state index contributed by atoms with van der Waals surface area (Å²) in [7, 11) is 0. The van der Waals surface area contributed by atoms with E-state index < -0.39 is 6.10 Å². The number of aliphatic hydroxyl groups is 1. The summed E-state index contributed by atoms with van der Waals surface area (Å²) in [4.78, 5) is 2.36. The van der Waals surface area contributed by atoms with Gasteiger partial charge in [-0.1, -0.05) is 72.4 Å². The van der Waals surface area contributed by atoms with Crippen LogP contribution in [-0.2, 0) is 11.2 Å². The van der Waals surface area contributed by atoms with Crippen molar-refractivity contribution in [2.45, 2.75) is 33.9 Å². The minimum atomic E-state index is -0.523. The summed E-state index contributed by atoms with van der Waals surface area (Å²) in [6.45, 7) is 0.836. The molecule has 0 bridgehead atoms. The maximum absolute atomic E-state index is 10.2. The Morgan fingerprint density at radius 1 is 0.703 bits per heavy atom. The minimum absolute atomic E-state index is 0.134. The van der Waals surface area contributed by atoms with Crippen LogP contribution in [0.5, 0.6) is 11.5 Å². The van der Waals surface area contributed by atoms with Gasteiger partial charge in [0.15, 0.2) is 0 Å². The Morgan fingerprint density at radius 2 is 1.27 bits per heavy atom. The molecule has 0 amide bonds. The van der Waals surface area contributed by atoms with Crippen LogP contribution >= 0.6 is 23.5 Å². The molecule has 1 fully saturated rings. The predicted octanol–water partition coefficient (Wildman–Crippen LogP) is 6.71. The molecule has 0 aliphatic carbocycles. The van der Waals surface area contributed by atoms with E-state index in [0.29, 0.717) is 12.4 Å². The molecule has 190 valence electrons.